The second kappa shape index (κ2) is 6.41. The third kappa shape index (κ3) is 3.88. The van der Waals surface area contributed by atoms with Gasteiger partial charge in [-0.3, -0.25) is 0 Å². The van der Waals surface area contributed by atoms with Crippen LogP contribution in [0.5, 0.6) is 0 Å². The Labute approximate surface area is 134 Å². The summed E-state index contributed by atoms with van der Waals surface area (Å²) in [6.07, 6.45) is 0.766. The number of piperidine rings is 1. The monoisotopic (exact) mass is 331 g/mol. The summed E-state index contributed by atoms with van der Waals surface area (Å²) in [6, 6.07) is 2.89. The first-order valence-corrected chi connectivity index (χ1v) is 7.68. The molecule has 0 aromatic heterocycles. The molecule has 22 heavy (non-hydrogen) atoms. The molecule has 1 aliphatic heterocycles. The standard InChI is InChI=1S/C16H20ClF2NO2/c1-16(2,3)22-15(21)20-8-6-10(7-9-20)11-4-5-12(17)14(19)13(11)18/h4-5,10H,6-9H2,1-3H3. The topological polar surface area (TPSA) is 29.5 Å². The second-order valence-corrected chi connectivity index (χ2v) is 6.91. The largest absolute Gasteiger partial charge is 0.444 e. The number of likely N-dealkylation sites (tertiary alicyclic amines) is 1. The number of amides is 1. The Bertz CT molecular complexity index is 564. The molecule has 3 nitrogen and oxygen atoms in total. The number of halogens is 3. The predicted octanol–water partition coefficient (Wildman–Crippen LogP) is 4.73. The SMILES string of the molecule is CC(C)(C)OC(=O)N1CCC(c2ccc(Cl)c(F)c2F)CC1. The van der Waals surface area contributed by atoms with Crippen LogP contribution in [0.1, 0.15) is 45.1 Å². The normalized spacial score (nSPS) is 16.7. The summed E-state index contributed by atoms with van der Waals surface area (Å²) in [5, 5.41) is -0.215. The molecule has 2 rings (SSSR count). The Balaban J connectivity index is 2.01. The molecule has 1 aliphatic rings. The molecule has 1 amide bonds. The fourth-order valence-electron chi connectivity index (χ4n) is 2.56. The lowest BCUT2D eigenvalue weighted by atomic mass is 9.89. The van der Waals surface area contributed by atoms with Gasteiger partial charge >= 0.3 is 6.09 Å². The zero-order valence-corrected chi connectivity index (χ0v) is 13.7. The molecule has 0 unspecified atom stereocenters. The molecule has 0 spiro atoms. The van der Waals surface area contributed by atoms with Gasteiger partial charge in [-0.05, 0) is 51.2 Å². The number of nitrogens with zero attached hydrogens (tertiary/aromatic N) is 1. The van der Waals surface area contributed by atoms with Crippen LogP contribution in [-0.4, -0.2) is 29.7 Å². The smallest absolute Gasteiger partial charge is 0.410 e. The van der Waals surface area contributed by atoms with Gasteiger partial charge in [-0.15, -0.1) is 0 Å². The maximum atomic E-state index is 14.0. The van der Waals surface area contributed by atoms with Crippen molar-refractivity contribution in [2.75, 3.05) is 13.1 Å². The van der Waals surface area contributed by atoms with Crippen molar-refractivity contribution in [2.45, 2.75) is 45.1 Å². The van der Waals surface area contributed by atoms with Crippen molar-refractivity contribution < 1.29 is 18.3 Å². The van der Waals surface area contributed by atoms with E-state index in [-0.39, 0.29) is 17.0 Å². The molecule has 1 heterocycles. The van der Waals surface area contributed by atoms with E-state index in [1.165, 1.54) is 12.1 Å². The first-order chi connectivity index (χ1) is 10.2. The van der Waals surface area contributed by atoms with Gasteiger partial charge in [0.1, 0.15) is 5.60 Å². The fraction of sp³-hybridized carbons (Fsp3) is 0.562. The van der Waals surface area contributed by atoms with Gasteiger partial charge in [0.15, 0.2) is 11.6 Å². The summed E-state index contributed by atoms with van der Waals surface area (Å²) in [4.78, 5) is 13.6. The summed E-state index contributed by atoms with van der Waals surface area (Å²) in [6.45, 7) is 6.35. The highest BCUT2D eigenvalue weighted by atomic mass is 35.5. The minimum atomic E-state index is -1.01. The Morgan fingerprint density at radius 1 is 1.23 bits per heavy atom. The van der Waals surface area contributed by atoms with E-state index in [0.29, 0.717) is 31.5 Å². The number of hydrogen-bond donors (Lipinski definition) is 0. The lowest BCUT2D eigenvalue weighted by molar-refractivity contribution is 0.0204. The molecule has 1 fully saturated rings. The van der Waals surface area contributed by atoms with E-state index < -0.39 is 17.2 Å². The van der Waals surface area contributed by atoms with Gasteiger partial charge in [0, 0.05) is 13.1 Å². The minimum absolute atomic E-state index is 0.120. The summed E-state index contributed by atoms with van der Waals surface area (Å²) >= 11 is 5.57. The Morgan fingerprint density at radius 3 is 2.36 bits per heavy atom. The van der Waals surface area contributed by atoms with E-state index in [1.54, 1.807) is 4.90 Å². The van der Waals surface area contributed by atoms with Gasteiger partial charge in [0.2, 0.25) is 0 Å². The van der Waals surface area contributed by atoms with Crippen LogP contribution in [0, 0.1) is 11.6 Å². The lowest BCUT2D eigenvalue weighted by Gasteiger charge is -2.33. The van der Waals surface area contributed by atoms with E-state index >= 15 is 0 Å². The number of carbonyl (C=O) groups excluding carboxylic acids is 1. The van der Waals surface area contributed by atoms with Gasteiger partial charge < -0.3 is 9.64 Å². The number of carbonyl (C=O) groups is 1. The fourth-order valence-corrected chi connectivity index (χ4v) is 2.70. The minimum Gasteiger partial charge on any atom is -0.444 e. The summed E-state index contributed by atoms with van der Waals surface area (Å²) in [7, 11) is 0. The predicted molar refractivity (Wildman–Crippen MR) is 81.2 cm³/mol. The summed E-state index contributed by atoms with van der Waals surface area (Å²) < 4.78 is 32.8. The van der Waals surface area contributed by atoms with E-state index in [9.17, 15) is 13.6 Å². The highest BCUT2D eigenvalue weighted by molar-refractivity contribution is 6.30. The zero-order chi connectivity index (χ0) is 16.5. The molecule has 0 saturated carbocycles. The van der Waals surface area contributed by atoms with Gasteiger partial charge in [0.25, 0.3) is 0 Å². The van der Waals surface area contributed by atoms with Crippen molar-refractivity contribution in [1.82, 2.24) is 4.90 Å². The molecule has 6 heteroatoms. The number of ether oxygens (including phenoxy) is 1. The lowest BCUT2D eigenvalue weighted by Crippen LogP contribution is -2.41. The van der Waals surface area contributed by atoms with Crippen LogP contribution in [0.4, 0.5) is 13.6 Å². The molecule has 0 aliphatic carbocycles. The van der Waals surface area contributed by atoms with Crippen LogP contribution in [0.2, 0.25) is 5.02 Å². The Morgan fingerprint density at radius 2 is 1.82 bits per heavy atom. The number of benzene rings is 1. The average molecular weight is 332 g/mol. The van der Waals surface area contributed by atoms with Gasteiger partial charge in [-0.25, -0.2) is 13.6 Å². The highest BCUT2D eigenvalue weighted by Gasteiger charge is 2.29. The second-order valence-electron chi connectivity index (χ2n) is 6.51. The molecule has 0 radical (unpaired) electrons. The van der Waals surface area contributed by atoms with Crippen LogP contribution in [-0.2, 0) is 4.74 Å². The molecule has 1 aromatic carbocycles. The summed E-state index contributed by atoms with van der Waals surface area (Å²) in [5.41, 5.74) is -0.218. The Kier molecular flexibility index (Phi) is 4.95. The van der Waals surface area contributed by atoms with Crippen molar-refractivity contribution >= 4 is 17.7 Å². The first kappa shape index (κ1) is 17.0. The van der Waals surface area contributed by atoms with E-state index in [0.717, 1.165) is 0 Å². The molecule has 0 bridgehead atoms. The van der Waals surface area contributed by atoms with E-state index in [4.69, 9.17) is 16.3 Å². The molecule has 0 atom stereocenters. The zero-order valence-electron chi connectivity index (χ0n) is 13.0. The first-order valence-electron chi connectivity index (χ1n) is 7.30. The maximum Gasteiger partial charge on any atom is 0.410 e. The quantitative estimate of drug-likeness (QED) is 0.696. The molecule has 122 valence electrons. The molecule has 1 aromatic rings. The maximum absolute atomic E-state index is 14.0. The van der Waals surface area contributed by atoms with Gasteiger partial charge in [-0.2, -0.15) is 0 Å². The Hall–Kier alpha value is -1.36. The van der Waals surface area contributed by atoms with Crippen LogP contribution in [0.25, 0.3) is 0 Å². The third-order valence-electron chi connectivity index (χ3n) is 3.65. The average Bonchev–Trinajstić information content (AvgIpc) is 2.43. The van der Waals surface area contributed by atoms with Crippen LogP contribution >= 0.6 is 11.6 Å². The van der Waals surface area contributed by atoms with Crippen LogP contribution in [0.3, 0.4) is 0 Å². The van der Waals surface area contributed by atoms with E-state index in [1.807, 2.05) is 20.8 Å². The van der Waals surface area contributed by atoms with Crippen molar-refractivity contribution in [3.8, 4) is 0 Å². The van der Waals surface area contributed by atoms with Crippen LogP contribution < -0.4 is 0 Å². The summed E-state index contributed by atoms with van der Waals surface area (Å²) in [5.74, 6) is -2.01. The van der Waals surface area contributed by atoms with E-state index in [2.05, 4.69) is 0 Å². The highest BCUT2D eigenvalue weighted by Crippen LogP contribution is 2.33. The van der Waals surface area contributed by atoms with Crippen molar-refractivity contribution in [3.05, 3.63) is 34.4 Å². The van der Waals surface area contributed by atoms with Gasteiger partial charge in [-0.1, -0.05) is 17.7 Å². The number of hydrogen-bond acceptors (Lipinski definition) is 2. The third-order valence-corrected chi connectivity index (χ3v) is 3.94. The molecule has 1 saturated heterocycles. The van der Waals surface area contributed by atoms with Gasteiger partial charge in [0.05, 0.1) is 5.02 Å². The van der Waals surface area contributed by atoms with Crippen molar-refractivity contribution in [2.24, 2.45) is 0 Å². The molecular weight excluding hydrogens is 312 g/mol. The van der Waals surface area contributed by atoms with Crippen LogP contribution in [0.15, 0.2) is 12.1 Å². The van der Waals surface area contributed by atoms with Crippen molar-refractivity contribution in [3.63, 3.8) is 0 Å². The van der Waals surface area contributed by atoms with Crippen molar-refractivity contribution in [1.29, 1.82) is 0 Å². The molecular formula is C16H20ClF2NO2. The molecule has 0 N–H and O–H groups in total. The number of rotatable bonds is 1.